The van der Waals surface area contributed by atoms with Crippen molar-refractivity contribution in [3.05, 3.63) is 22.4 Å². The van der Waals surface area contributed by atoms with Crippen LogP contribution in [0.5, 0.6) is 0 Å². The highest BCUT2D eigenvalue weighted by Gasteiger charge is 2.22. The molecular weight excluding hydrogens is 208 g/mol. The predicted octanol–water partition coefficient (Wildman–Crippen LogP) is -1.98. The van der Waals surface area contributed by atoms with Gasteiger partial charge in [0.2, 0.25) is 0 Å². The Balaban J connectivity index is 1.74. The second-order valence-corrected chi connectivity index (χ2v) is 5.06. The molecule has 1 aromatic rings. The Morgan fingerprint density at radius 3 is 2.53 bits per heavy atom. The number of hydrogen-bond donors (Lipinski definition) is 3. The SMILES string of the molecule is OCC[NH+]1CC[NH+](Cc2ccsc2)CC1. The molecule has 3 N–H and O–H groups in total. The average molecular weight is 228 g/mol. The molecule has 84 valence electrons. The Bertz CT molecular complexity index is 268. The van der Waals surface area contributed by atoms with Crippen molar-refractivity contribution in [2.75, 3.05) is 39.3 Å². The molecule has 2 heterocycles. The molecular formula is C11H20N2OS+2. The summed E-state index contributed by atoms with van der Waals surface area (Å²) in [5.41, 5.74) is 1.47. The largest absolute Gasteiger partial charge is 0.391 e. The van der Waals surface area contributed by atoms with E-state index in [2.05, 4.69) is 16.8 Å². The molecule has 0 bridgehead atoms. The van der Waals surface area contributed by atoms with E-state index in [0.29, 0.717) is 6.61 Å². The molecule has 0 spiro atoms. The third kappa shape index (κ3) is 3.28. The van der Waals surface area contributed by atoms with Crippen LogP contribution in [-0.4, -0.2) is 44.4 Å². The van der Waals surface area contributed by atoms with Crippen LogP contribution in [0.4, 0.5) is 0 Å². The molecule has 0 atom stereocenters. The molecule has 0 radical (unpaired) electrons. The van der Waals surface area contributed by atoms with E-state index in [-0.39, 0.29) is 0 Å². The van der Waals surface area contributed by atoms with Crippen LogP contribution in [0.3, 0.4) is 0 Å². The van der Waals surface area contributed by atoms with Crippen LogP contribution in [0.15, 0.2) is 16.8 Å². The fourth-order valence-electron chi connectivity index (χ4n) is 2.22. The zero-order valence-corrected chi connectivity index (χ0v) is 9.85. The van der Waals surface area contributed by atoms with E-state index in [0.717, 1.165) is 6.54 Å². The first kappa shape index (κ1) is 11.1. The second-order valence-electron chi connectivity index (χ2n) is 4.28. The van der Waals surface area contributed by atoms with Crippen molar-refractivity contribution >= 4 is 11.3 Å². The smallest absolute Gasteiger partial charge is 0.127 e. The molecule has 0 aliphatic carbocycles. The van der Waals surface area contributed by atoms with Gasteiger partial charge in [0.15, 0.2) is 0 Å². The summed E-state index contributed by atoms with van der Waals surface area (Å²) in [6.07, 6.45) is 0. The van der Waals surface area contributed by atoms with Gasteiger partial charge in [-0.05, 0) is 16.8 Å². The van der Waals surface area contributed by atoms with Gasteiger partial charge in [0.25, 0.3) is 0 Å². The van der Waals surface area contributed by atoms with E-state index in [1.165, 1.54) is 38.3 Å². The average Bonchev–Trinajstić information content (AvgIpc) is 2.74. The molecule has 0 saturated carbocycles. The van der Waals surface area contributed by atoms with Gasteiger partial charge in [0.1, 0.15) is 39.3 Å². The Morgan fingerprint density at radius 2 is 1.93 bits per heavy atom. The first-order chi connectivity index (χ1) is 7.38. The van der Waals surface area contributed by atoms with Crippen LogP contribution in [0, 0.1) is 0 Å². The van der Waals surface area contributed by atoms with Crippen LogP contribution < -0.4 is 9.80 Å². The third-order valence-corrected chi connectivity index (χ3v) is 3.90. The van der Waals surface area contributed by atoms with Crippen molar-refractivity contribution in [2.24, 2.45) is 0 Å². The van der Waals surface area contributed by atoms with E-state index in [1.54, 1.807) is 21.1 Å². The summed E-state index contributed by atoms with van der Waals surface area (Å²) >= 11 is 1.79. The van der Waals surface area contributed by atoms with Gasteiger partial charge in [0.05, 0.1) is 6.61 Å². The van der Waals surface area contributed by atoms with Crippen molar-refractivity contribution in [1.82, 2.24) is 0 Å². The second kappa shape index (κ2) is 5.61. The summed E-state index contributed by atoms with van der Waals surface area (Å²) < 4.78 is 0. The minimum absolute atomic E-state index is 0.329. The first-order valence-electron chi connectivity index (χ1n) is 5.67. The Morgan fingerprint density at radius 1 is 1.20 bits per heavy atom. The normalized spacial score (nSPS) is 26.7. The highest BCUT2D eigenvalue weighted by atomic mass is 32.1. The lowest BCUT2D eigenvalue weighted by atomic mass is 10.2. The van der Waals surface area contributed by atoms with Gasteiger partial charge in [-0.1, -0.05) is 0 Å². The van der Waals surface area contributed by atoms with E-state index < -0.39 is 0 Å². The lowest BCUT2D eigenvalue weighted by molar-refractivity contribution is -1.02. The van der Waals surface area contributed by atoms with Crippen LogP contribution in [0.1, 0.15) is 5.56 Å². The molecule has 3 nitrogen and oxygen atoms in total. The van der Waals surface area contributed by atoms with E-state index >= 15 is 0 Å². The van der Waals surface area contributed by atoms with Gasteiger partial charge in [-0.2, -0.15) is 11.3 Å². The summed E-state index contributed by atoms with van der Waals surface area (Å²) in [4.78, 5) is 3.25. The van der Waals surface area contributed by atoms with Gasteiger partial charge in [0, 0.05) is 5.56 Å². The maximum Gasteiger partial charge on any atom is 0.127 e. The number of rotatable bonds is 4. The summed E-state index contributed by atoms with van der Waals surface area (Å²) in [7, 11) is 0. The standard InChI is InChI=1S/C11H18N2OS/c14-7-6-12-2-4-13(5-3-12)9-11-1-8-15-10-11/h1,8,10,14H,2-7,9H2/p+2. The fourth-order valence-corrected chi connectivity index (χ4v) is 2.89. The van der Waals surface area contributed by atoms with Crippen LogP contribution in [-0.2, 0) is 6.54 Å². The van der Waals surface area contributed by atoms with Crippen molar-refractivity contribution < 1.29 is 14.9 Å². The van der Waals surface area contributed by atoms with E-state index in [4.69, 9.17) is 5.11 Å². The minimum atomic E-state index is 0.329. The molecule has 1 aromatic heterocycles. The molecule has 1 fully saturated rings. The zero-order chi connectivity index (χ0) is 10.5. The van der Waals surface area contributed by atoms with Crippen molar-refractivity contribution in [3.8, 4) is 0 Å². The van der Waals surface area contributed by atoms with Gasteiger partial charge in [-0.15, -0.1) is 0 Å². The Hall–Kier alpha value is -0.420. The van der Waals surface area contributed by atoms with Crippen molar-refractivity contribution in [3.63, 3.8) is 0 Å². The van der Waals surface area contributed by atoms with Gasteiger partial charge < -0.3 is 14.9 Å². The topological polar surface area (TPSA) is 29.1 Å². The summed E-state index contributed by atoms with van der Waals surface area (Å²) in [5.74, 6) is 0. The number of nitrogens with one attached hydrogen (secondary N) is 2. The maximum atomic E-state index is 8.87. The van der Waals surface area contributed by atoms with Crippen molar-refractivity contribution in [1.29, 1.82) is 0 Å². The van der Waals surface area contributed by atoms with Crippen LogP contribution >= 0.6 is 11.3 Å². The molecule has 2 rings (SSSR count). The summed E-state index contributed by atoms with van der Waals surface area (Å²) in [5, 5.41) is 13.3. The molecule has 0 amide bonds. The van der Waals surface area contributed by atoms with Crippen LogP contribution in [0.25, 0.3) is 0 Å². The maximum absolute atomic E-state index is 8.87. The van der Waals surface area contributed by atoms with Crippen molar-refractivity contribution in [2.45, 2.75) is 6.54 Å². The quantitative estimate of drug-likeness (QED) is 0.548. The van der Waals surface area contributed by atoms with Gasteiger partial charge in [-0.25, -0.2) is 0 Å². The highest BCUT2D eigenvalue weighted by Crippen LogP contribution is 2.03. The minimum Gasteiger partial charge on any atom is -0.391 e. The molecule has 1 aliphatic rings. The molecule has 1 aliphatic heterocycles. The first-order valence-corrected chi connectivity index (χ1v) is 6.62. The number of aliphatic hydroxyl groups excluding tert-OH is 1. The lowest BCUT2D eigenvalue weighted by Gasteiger charge is -2.29. The molecule has 15 heavy (non-hydrogen) atoms. The molecule has 0 unspecified atom stereocenters. The lowest BCUT2D eigenvalue weighted by Crippen LogP contribution is -3.27. The zero-order valence-electron chi connectivity index (χ0n) is 9.04. The predicted molar refractivity (Wildman–Crippen MR) is 61.4 cm³/mol. The Labute approximate surface area is 94.9 Å². The van der Waals surface area contributed by atoms with E-state index in [9.17, 15) is 0 Å². The van der Waals surface area contributed by atoms with Crippen LogP contribution in [0.2, 0.25) is 0 Å². The molecule has 0 aromatic carbocycles. The summed E-state index contributed by atoms with van der Waals surface area (Å²) in [6, 6.07) is 2.23. The number of hydrogen-bond acceptors (Lipinski definition) is 2. The summed E-state index contributed by atoms with van der Waals surface area (Å²) in [6.45, 7) is 7.33. The number of thiophene rings is 1. The number of quaternary nitrogens is 2. The highest BCUT2D eigenvalue weighted by molar-refractivity contribution is 7.07. The molecule has 4 heteroatoms. The van der Waals surface area contributed by atoms with Gasteiger partial charge >= 0.3 is 0 Å². The monoisotopic (exact) mass is 228 g/mol. The fraction of sp³-hybridized carbons (Fsp3) is 0.636. The van der Waals surface area contributed by atoms with Gasteiger partial charge in [-0.3, -0.25) is 0 Å². The van der Waals surface area contributed by atoms with E-state index in [1.807, 2.05) is 0 Å². The number of piperazine rings is 1. The third-order valence-electron chi connectivity index (χ3n) is 3.16. The Kier molecular flexibility index (Phi) is 4.14. The molecule has 1 saturated heterocycles. The number of aliphatic hydroxyl groups is 1.